The van der Waals surface area contributed by atoms with Gasteiger partial charge in [-0.3, -0.25) is 4.79 Å². The standard InChI is InChI=1S/C17H20N4O2/c1-3-14-5-7-15(8-6-14)23-12-17(22)19-16-11-13(2)20-21(16)10-4-9-18/h5-8,11H,3-4,10,12H2,1-2H3,(H,19,22). The van der Waals surface area contributed by atoms with Crippen molar-refractivity contribution < 1.29 is 9.53 Å². The molecule has 23 heavy (non-hydrogen) atoms. The molecule has 6 nitrogen and oxygen atoms in total. The van der Waals surface area contributed by atoms with Gasteiger partial charge in [-0.05, 0) is 31.0 Å². The third-order valence-electron chi connectivity index (χ3n) is 3.31. The molecule has 0 aliphatic carbocycles. The van der Waals surface area contributed by atoms with Crippen LogP contribution < -0.4 is 10.1 Å². The summed E-state index contributed by atoms with van der Waals surface area (Å²) in [5.74, 6) is 0.974. The van der Waals surface area contributed by atoms with Gasteiger partial charge in [-0.1, -0.05) is 19.1 Å². The summed E-state index contributed by atoms with van der Waals surface area (Å²) >= 11 is 0. The van der Waals surface area contributed by atoms with Crippen LogP contribution in [0.25, 0.3) is 0 Å². The molecule has 1 heterocycles. The Morgan fingerprint density at radius 3 is 2.78 bits per heavy atom. The Kier molecular flexibility index (Phi) is 5.75. The molecule has 0 atom stereocenters. The predicted octanol–water partition coefficient (Wildman–Crippen LogP) is 2.69. The zero-order valence-corrected chi connectivity index (χ0v) is 13.4. The maximum Gasteiger partial charge on any atom is 0.263 e. The summed E-state index contributed by atoms with van der Waals surface area (Å²) in [5.41, 5.74) is 2.01. The summed E-state index contributed by atoms with van der Waals surface area (Å²) in [6, 6.07) is 11.5. The largest absolute Gasteiger partial charge is 0.484 e. The van der Waals surface area contributed by atoms with Crippen molar-refractivity contribution in [3.63, 3.8) is 0 Å². The van der Waals surface area contributed by atoms with E-state index in [9.17, 15) is 4.79 Å². The Balaban J connectivity index is 1.90. The van der Waals surface area contributed by atoms with Crippen LogP contribution in [0.5, 0.6) is 5.75 Å². The first-order valence-corrected chi connectivity index (χ1v) is 7.55. The average molecular weight is 312 g/mol. The second kappa shape index (κ2) is 7.99. The monoisotopic (exact) mass is 312 g/mol. The van der Waals surface area contributed by atoms with Gasteiger partial charge in [-0.2, -0.15) is 10.4 Å². The molecule has 1 amide bonds. The molecular weight excluding hydrogens is 292 g/mol. The predicted molar refractivity (Wildman–Crippen MR) is 87.1 cm³/mol. The van der Waals surface area contributed by atoms with E-state index >= 15 is 0 Å². The zero-order valence-electron chi connectivity index (χ0n) is 13.4. The van der Waals surface area contributed by atoms with E-state index in [1.165, 1.54) is 5.56 Å². The summed E-state index contributed by atoms with van der Waals surface area (Å²) < 4.78 is 7.09. The second-order valence-corrected chi connectivity index (χ2v) is 5.14. The van der Waals surface area contributed by atoms with Gasteiger partial charge in [0.1, 0.15) is 11.6 Å². The highest BCUT2D eigenvalue weighted by atomic mass is 16.5. The van der Waals surface area contributed by atoms with E-state index in [1.807, 2.05) is 31.2 Å². The molecule has 1 aromatic carbocycles. The smallest absolute Gasteiger partial charge is 0.263 e. The number of carbonyl (C=O) groups excluding carboxylic acids is 1. The molecule has 0 aliphatic heterocycles. The molecule has 0 spiro atoms. The van der Waals surface area contributed by atoms with Crippen molar-refractivity contribution in [2.75, 3.05) is 11.9 Å². The minimum Gasteiger partial charge on any atom is -0.484 e. The van der Waals surface area contributed by atoms with Crippen LogP contribution in [0.1, 0.15) is 24.6 Å². The number of anilines is 1. The van der Waals surface area contributed by atoms with Gasteiger partial charge in [-0.25, -0.2) is 4.68 Å². The van der Waals surface area contributed by atoms with E-state index in [-0.39, 0.29) is 12.5 Å². The van der Waals surface area contributed by atoms with Gasteiger partial charge in [0, 0.05) is 6.07 Å². The first-order chi connectivity index (χ1) is 11.1. The second-order valence-electron chi connectivity index (χ2n) is 5.14. The molecule has 0 saturated heterocycles. The van der Waals surface area contributed by atoms with Crippen LogP contribution in [0.3, 0.4) is 0 Å². The molecule has 0 saturated carbocycles. The fourth-order valence-electron chi connectivity index (χ4n) is 2.12. The van der Waals surface area contributed by atoms with Crippen molar-refractivity contribution in [2.24, 2.45) is 0 Å². The summed E-state index contributed by atoms with van der Waals surface area (Å²) in [6.45, 7) is 4.29. The molecule has 2 aromatic rings. The summed E-state index contributed by atoms with van der Waals surface area (Å²) in [4.78, 5) is 12.0. The molecular formula is C17H20N4O2. The van der Waals surface area contributed by atoms with Crippen molar-refractivity contribution in [2.45, 2.75) is 33.2 Å². The van der Waals surface area contributed by atoms with E-state index in [2.05, 4.69) is 23.4 Å². The molecule has 0 unspecified atom stereocenters. The van der Waals surface area contributed by atoms with Crippen LogP contribution in [0.2, 0.25) is 0 Å². The van der Waals surface area contributed by atoms with E-state index < -0.39 is 0 Å². The normalized spacial score (nSPS) is 10.1. The van der Waals surface area contributed by atoms with E-state index in [0.717, 1.165) is 12.1 Å². The molecule has 0 fully saturated rings. The van der Waals surface area contributed by atoms with Crippen LogP contribution in [0.4, 0.5) is 5.82 Å². The van der Waals surface area contributed by atoms with Gasteiger partial charge in [0.15, 0.2) is 6.61 Å². The molecule has 120 valence electrons. The van der Waals surface area contributed by atoms with Crippen LogP contribution in [-0.2, 0) is 17.8 Å². The van der Waals surface area contributed by atoms with Gasteiger partial charge in [0.05, 0.1) is 24.7 Å². The van der Waals surface area contributed by atoms with Gasteiger partial charge < -0.3 is 10.1 Å². The van der Waals surface area contributed by atoms with Crippen LogP contribution in [0.15, 0.2) is 30.3 Å². The minimum atomic E-state index is -0.261. The Morgan fingerprint density at radius 1 is 1.39 bits per heavy atom. The molecule has 0 aliphatic rings. The van der Waals surface area contributed by atoms with Crippen LogP contribution in [0, 0.1) is 18.3 Å². The van der Waals surface area contributed by atoms with Gasteiger partial charge in [-0.15, -0.1) is 0 Å². The van der Waals surface area contributed by atoms with Gasteiger partial charge in [0.2, 0.25) is 0 Å². The topological polar surface area (TPSA) is 79.9 Å². The van der Waals surface area contributed by atoms with Gasteiger partial charge >= 0.3 is 0 Å². The Morgan fingerprint density at radius 2 is 2.13 bits per heavy atom. The van der Waals surface area contributed by atoms with E-state index in [4.69, 9.17) is 10.00 Å². The molecule has 0 radical (unpaired) electrons. The Hall–Kier alpha value is -2.81. The highest BCUT2D eigenvalue weighted by molar-refractivity contribution is 5.91. The van der Waals surface area contributed by atoms with Crippen molar-refractivity contribution >= 4 is 11.7 Å². The molecule has 1 aromatic heterocycles. The number of nitrogens with zero attached hydrogens (tertiary/aromatic N) is 3. The number of nitriles is 1. The summed E-state index contributed by atoms with van der Waals surface area (Å²) in [5, 5.41) is 15.7. The lowest BCUT2D eigenvalue weighted by atomic mass is 10.2. The van der Waals surface area contributed by atoms with Gasteiger partial charge in [0.25, 0.3) is 5.91 Å². The van der Waals surface area contributed by atoms with Crippen molar-refractivity contribution in [3.8, 4) is 11.8 Å². The minimum absolute atomic E-state index is 0.0754. The lowest BCUT2D eigenvalue weighted by Gasteiger charge is -2.09. The number of nitrogens with one attached hydrogen (secondary N) is 1. The number of aromatic nitrogens is 2. The SMILES string of the molecule is CCc1ccc(OCC(=O)Nc2cc(C)nn2CCC#N)cc1. The lowest BCUT2D eigenvalue weighted by Crippen LogP contribution is -2.22. The first kappa shape index (κ1) is 16.6. The Bertz CT molecular complexity index is 698. The van der Waals surface area contributed by atoms with E-state index in [1.54, 1.807) is 10.7 Å². The molecule has 6 heteroatoms. The highest BCUT2D eigenvalue weighted by Crippen LogP contribution is 2.13. The molecule has 2 rings (SSSR count). The number of rotatable bonds is 7. The number of ether oxygens (including phenoxy) is 1. The number of benzene rings is 1. The molecule has 0 bridgehead atoms. The van der Waals surface area contributed by atoms with Crippen LogP contribution in [-0.4, -0.2) is 22.3 Å². The third-order valence-corrected chi connectivity index (χ3v) is 3.31. The zero-order chi connectivity index (χ0) is 16.7. The Labute approximate surface area is 135 Å². The van der Waals surface area contributed by atoms with Crippen molar-refractivity contribution in [1.82, 2.24) is 9.78 Å². The number of hydrogen-bond donors (Lipinski definition) is 1. The maximum absolute atomic E-state index is 12.0. The van der Waals surface area contributed by atoms with E-state index in [0.29, 0.717) is 24.5 Å². The summed E-state index contributed by atoms with van der Waals surface area (Å²) in [6.07, 6.45) is 1.30. The van der Waals surface area contributed by atoms with Crippen molar-refractivity contribution in [1.29, 1.82) is 5.26 Å². The quantitative estimate of drug-likeness (QED) is 0.852. The third kappa shape index (κ3) is 4.85. The maximum atomic E-state index is 12.0. The fraction of sp³-hybridized carbons (Fsp3) is 0.353. The average Bonchev–Trinajstić information content (AvgIpc) is 2.90. The first-order valence-electron chi connectivity index (χ1n) is 7.55. The number of aryl methyl sites for hydroxylation is 3. The number of amides is 1. The fourth-order valence-corrected chi connectivity index (χ4v) is 2.12. The number of hydrogen-bond acceptors (Lipinski definition) is 4. The highest BCUT2D eigenvalue weighted by Gasteiger charge is 2.10. The number of carbonyl (C=O) groups is 1. The molecule has 1 N–H and O–H groups in total. The lowest BCUT2D eigenvalue weighted by molar-refractivity contribution is -0.118. The van der Waals surface area contributed by atoms with Crippen LogP contribution >= 0.6 is 0 Å². The summed E-state index contributed by atoms with van der Waals surface area (Å²) in [7, 11) is 0. The van der Waals surface area contributed by atoms with Crippen molar-refractivity contribution in [3.05, 3.63) is 41.6 Å².